The maximum atomic E-state index is 12.1. The molecule has 1 fully saturated rings. The summed E-state index contributed by atoms with van der Waals surface area (Å²) in [5.41, 5.74) is -0.451. The van der Waals surface area contributed by atoms with Gasteiger partial charge >= 0.3 is 0 Å². The molecular formula is C11H22N2O. The SMILES string of the molecule is CCCN1C(=O)C(C)(C)NCC1(C)C. The zero-order valence-corrected chi connectivity index (χ0v) is 9.98. The standard InChI is InChI=1S/C11H22N2O/c1-6-7-13-9(14)11(4,5)12-8-10(13,2)3/h12H,6-8H2,1-5H3. The molecule has 0 unspecified atom stereocenters. The van der Waals surface area contributed by atoms with E-state index in [1.165, 1.54) is 0 Å². The molecule has 3 nitrogen and oxygen atoms in total. The molecule has 0 aliphatic carbocycles. The van der Waals surface area contributed by atoms with Gasteiger partial charge in [0.05, 0.1) is 5.54 Å². The van der Waals surface area contributed by atoms with Crippen molar-refractivity contribution in [1.29, 1.82) is 0 Å². The molecule has 1 rings (SSSR count). The number of carbonyl (C=O) groups excluding carboxylic acids is 1. The summed E-state index contributed by atoms with van der Waals surface area (Å²) in [5.74, 6) is 0.218. The van der Waals surface area contributed by atoms with Gasteiger partial charge in [0.1, 0.15) is 0 Å². The van der Waals surface area contributed by atoms with E-state index in [4.69, 9.17) is 0 Å². The van der Waals surface area contributed by atoms with Gasteiger partial charge in [0.2, 0.25) is 5.91 Å². The Morgan fingerprint density at radius 1 is 1.36 bits per heavy atom. The lowest BCUT2D eigenvalue weighted by Crippen LogP contribution is -2.69. The second kappa shape index (κ2) is 3.54. The normalized spacial score (nSPS) is 25.2. The molecule has 0 aromatic rings. The predicted molar refractivity (Wildman–Crippen MR) is 58.2 cm³/mol. The van der Waals surface area contributed by atoms with Crippen LogP contribution in [0.5, 0.6) is 0 Å². The number of hydrogen-bond donors (Lipinski definition) is 1. The summed E-state index contributed by atoms with van der Waals surface area (Å²) in [6, 6.07) is 0. The van der Waals surface area contributed by atoms with Crippen molar-refractivity contribution in [3.05, 3.63) is 0 Å². The second-order valence-electron chi connectivity index (χ2n) is 5.25. The molecule has 1 N–H and O–H groups in total. The van der Waals surface area contributed by atoms with E-state index in [-0.39, 0.29) is 11.4 Å². The minimum absolute atomic E-state index is 0.0530. The zero-order valence-electron chi connectivity index (χ0n) is 9.98. The van der Waals surface area contributed by atoms with Crippen LogP contribution in [0.4, 0.5) is 0 Å². The summed E-state index contributed by atoms with van der Waals surface area (Å²) in [6.07, 6.45) is 1.02. The molecule has 0 atom stereocenters. The number of nitrogens with one attached hydrogen (secondary N) is 1. The summed E-state index contributed by atoms with van der Waals surface area (Å²) < 4.78 is 0. The third-order valence-electron chi connectivity index (χ3n) is 2.92. The highest BCUT2D eigenvalue weighted by Gasteiger charge is 2.43. The minimum Gasteiger partial charge on any atom is -0.335 e. The number of piperazine rings is 1. The molecule has 3 heteroatoms. The van der Waals surface area contributed by atoms with Crippen LogP contribution in [-0.4, -0.2) is 35.0 Å². The molecular weight excluding hydrogens is 176 g/mol. The van der Waals surface area contributed by atoms with Gasteiger partial charge < -0.3 is 10.2 Å². The molecule has 0 bridgehead atoms. The van der Waals surface area contributed by atoms with Crippen molar-refractivity contribution >= 4 is 5.91 Å². The highest BCUT2D eigenvalue weighted by atomic mass is 16.2. The highest BCUT2D eigenvalue weighted by Crippen LogP contribution is 2.24. The van der Waals surface area contributed by atoms with E-state index in [0.29, 0.717) is 0 Å². The average Bonchev–Trinajstić information content (AvgIpc) is 2.08. The zero-order chi connectivity index (χ0) is 11.0. The number of amides is 1. The maximum absolute atomic E-state index is 12.1. The van der Waals surface area contributed by atoms with Gasteiger partial charge in [-0.25, -0.2) is 0 Å². The van der Waals surface area contributed by atoms with E-state index in [9.17, 15) is 4.79 Å². The van der Waals surface area contributed by atoms with E-state index < -0.39 is 5.54 Å². The van der Waals surface area contributed by atoms with Crippen LogP contribution in [0.2, 0.25) is 0 Å². The topological polar surface area (TPSA) is 32.3 Å². The van der Waals surface area contributed by atoms with Crippen molar-refractivity contribution in [3.63, 3.8) is 0 Å². The molecule has 0 saturated carbocycles. The van der Waals surface area contributed by atoms with Gasteiger partial charge in [-0.15, -0.1) is 0 Å². The van der Waals surface area contributed by atoms with Gasteiger partial charge in [0.15, 0.2) is 0 Å². The van der Waals surface area contributed by atoms with Crippen molar-refractivity contribution in [2.24, 2.45) is 0 Å². The average molecular weight is 198 g/mol. The first kappa shape index (κ1) is 11.5. The quantitative estimate of drug-likeness (QED) is 0.727. The summed E-state index contributed by atoms with van der Waals surface area (Å²) >= 11 is 0. The first-order valence-corrected chi connectivity index (χ1v) is 5.38. The van der Waals surface area contributed by atoms with E-state index in [0.717, 1.165) is 19.5 Å². The van der Waals surface area contributed by atoms with Crippen molar-refractivity contribution in [1.82, 2.24) is 10.2 Å². The molecule has 1 heterocycles. The summed E-state index contributed by atoms with van der Waals surface area (Å²) in [7, 11) is 0. The van der Waals surface area contributed by atoms with E-state index in [1.54, 1.807) is 0 Å². The van der Waals surface area contributed by atoms with Crippen molar-refractivity contribution in [2.75, 3.05) is 13.1 Å². The van der Waals surface area contributed by atoms with Crippen LogP contribution in [0, 0.1) is 0 Å². The molecule has 0 aromatic heterocycles. The highest BCUT2D eigenvalue weighted by molar-refractivity contribution is 5.87. The molecule has 1 saturated heterocycles. The first-order chi connectivity index (χ1) is 6.31. The molecule has 1 aliphatic rings. The smallest absolute Gasteiger partial charge is 0.242 e. The van der Waals surface area contributed by atoms with Gasteiger partial charge in [-0.2, -0.15) is 0 Å². The molecule has 0 spiro atoms. The monoisotopic (exact) mass is 198 g/mol. The summed E-state index contributed by atoms with van der Waals surface area (Å²) in [5, 5.41) is 3.30. The Kier molecular flexibility index (Phi) is 2.91. The van der Waals surface area contributed by atoms with Crippen LogP contribution >= 0.6 is 0 Å². The first-order valence-electron chi connectivity index (χ1n) is 5.38. The second-order valence-corrected chi connectivity index (χ2v) is 5.25. The van der Waals surface area contributed by atoms with Gasteiger partial charge in [-0.1, -0.05) is 6.92 Å². The molecule has 1 aliphatic heterocycles. The molecule has 1 amide bonds. The molecule has 82 valence electrons. The van der Waals surface area contributed by atoms with Crippen LogP contribution in [0.3, 0.4) is 0 Å². The Hall–Kier alpha value is -0.570. The van der Waals surface area contributed by atoms with Crippen molar-refractivity contribution in [3.8, 4) is 0 Å². The maximum Gasteiger partial charge on any atom is 0.242 e. The lowest BCUT2D eigenvalue weighted by molar-refractivity contribution is -0.147. The summed E-state index contributed by atoms with van der Waals surface area (Å²) in [6.45, 7) is 12.0. The van der Waals surface area contributed by atoms with Gasteiger partial charge in [-0.3, -0.25) is 4.79 Å². The largest absolute Gasteiger partial charge is 0.335 e. The fourth-order valence-corrected chi connectivity index (χ4v) is 1.85. The van der Waals surface area contributed by atoms with Crippen LogP contribution in [0.15, 0.2) is 0 Å². The molecule has 0 aromatic carbocycles. The van der Waals surface area contributed by atoms with Crippen molar-refractivity contribution in [2.45, 2.75) is 52.1 Å². The van der Waals surface area contributed by atoms with Crippen LogP contribution < -0.4 is 5.32 Å². The Balaban J connectivity index is 2.88. The third-order valence-corrected chi connectivity index (χ3v) is 2.92. The molecule has 0 radical (unpaired) electrons. The van der Waals surface area contributed by atoms with E-state index in [1.807, 2.05) is 18.7 Å². The fourth-order valence-electron chi connectivity index (χ4n) is 1.85. The Morgan fingerprint density at radius 2 is 1.93 bits per heavy atom. The van der Waals surface area contributed by atoms with Crippen molar-refractivity contribution < 1.29 is 4.79 Å². The minimum atomic E-state index is -0.398. The van der Waals surface area contributed by atoms with Crippen LogP contribution in [-0.2, 0) is 4.79 Å². The lowest BCUT2D eigenvalue weighted by atomic mass is 9.90. The predicted octanol–water partition coefficient (Wildman–Crippen LogP) is 1.39. The fraction of sp³-hybridized carbons (Fsp3) is 0.909. The molecule has 14 heavy (non-hydrogen) atoms. The van der Waals surface area contributed by atoms with Crippen LogP contribution in [0.1, 0.15) is 41.0 Å². The van der Waals surface area contributed by atoms with E-state index in [2.05, 4.69) is 26.1 Å². The van der Waals surface area contributed by atoms with Gasteiger partial charge in [-0.05, 0) is 34.1 Å². The Labute approximate surface area is 86.9 Å². The lowest BCUT2D eigenvalue weighted by Gasteiger charge is -2.49. The third kappa shape index (κ3) is 1.92. The number of nitrogens with zero attached hydrogens (tertiary/aromatic N) is 1. The number of carbonyl (C=O) groups is 1. The number of hydrogen-bond acceptors (Lipinski definition) is 2. The van der Waals surface area contributed by atoms with Crippen LogP contribution in [0.25, 0.3) is 0 Å². The number of rotatable bonds is 2. The summed E-state index contributed by atoms with van der Waals surface area (Å²) in [4.78, 5) is 14.1. The Morgan fingerprint density at radius 3 is 2.43 bits per heavy atom. The van der Waals surface area contributed by atoms with Gasteiger partial charge in [0.25, 0.3) is 0 Å². The van der Waals surface area contributed by atoms with E-state index >= 15 is 0 Å². The van der Waals surface area contributed by atoms with Gasteiger partial charge in [0, 0.05) is 18.6 Å². The Bertz CT molecular complexity index is 233.